The smallest absolute Gasteiger partial charge is 0.313 e. The number of hydrogen-bond acceptors (Lipinski definition) is 2. The lowest BCUT2D eigenvalue weighted by Crippen LogP contribution is -2.39. The van der Waals surface area contributed by atoms with Crippen LogP contribution >= 0.6 is 15.9 Å². The monoisotopic (exact) mass is 436 g/mol. The van der Waals surface area contributed by atoms with E-state index >= 15 is 0 Å². The Morgan fingerprint density at radius 2 is 1.39 bits per heavy atom. The van der Waals surface area contributed by atoms with E-state index in [0.29, 0.717) is 18.8 Å². The zero-order chi connectivity index (χ0) is 19.9. The Morgan fingerprint density at radius 3 is 1.89 bits per heavy atom. The van der Waals surface area contributed by atoms with Crippen LogP contribution in [-0.4, -0.2) is 16.7 Å². The maximum Gasteiger partial charge on any atom is 0.313 e. The first kappa shape index (κ1) is 19.8. The second-order valence-electron chi connectivity index (χ2n) is 6.57. The van der Waals surface area contributed by atoms with Gasteiger partial charge in [-0.1, -0.05) is 66.7 Å². The van der Waals surface area contributed by atoms with Crippen LogP contribution < -0.4 is 5.32 Å². The van der Waals surface area contributed by atoms with E-state index in [1.165, 1.54) is 0 Å². The minimum absolute atomic E-state index is 0.358. The summed E-state index contributed by atoms with van der Waals surface area (Å²) in [4.78, 5) is 27.1. The third-order valence-corrected chi connectivity index (χ3v) is 4.94. The molecule has 0 spiro atoms. The SMILES string of the molecule is Cc1ccc(NC(=O)C(=O)N(Cc2ccccc2)Cc2ccccc2)c(Br)c1. The average molecular weight is 437 g/mol. The average Bonchev–Trinajstić information content (AvgIpc) is 2.70. The number of rotatable bonds is 5. The molecule has 0 saturated heterocycles. The van der Waals surface area contributed by atoms with Crippen molar-refractivity contribution >= 4 is 33.4 Å². The molecule has 3 aromatic rings. The molecule has 0 bridgehead atoms. The van der Waals surface area contributed by atoms with Crippen molar-refractivity contribution in [2.24, 2.45) is 0 Å². The number of nitrogens with one attached hydrogen (secondary N) is 1. The van der Waals surface area contributed by atoms with Gasteiger partial charge in [0.2, 0.25) is 0 Å². The Kier molecular flexibility index (Phi) is 6.61. The minimum atomic E-state index is -0.656. The van der Waals surface area contributed by atoms with Crippen molar-refractivity contribution in [1.29, 1.82) is 0 Å². The summed E-state index contributed by atoms with van der Waals surface area (Å²) in [5.41, 5.74) is 3.57. The third-order valence-electron chi connectivity index (χ3n) is 4.29. The van der Waals surface area contributed by atoms with Gasteiger partial charge in [-0.25, -0.2) is 0 Å². The predicted octanol–water partition coefficient (Wildman–Crippen LogP) is 4.93. The molecule has 3 aromatic carbocycles. The summed E-state index contributed by atoms with van der Waals surface area (Å²) in [6.07, 6.45) is 0. The van der Waals surface area contributed by atoms with E-state index in [9.17, 15) is 9.59 Å². The number of amides is 2. The lowest BCUT2D eigenvalue weighted by Gasteiger charge is -2.22. The minimum Gasteiger partial charge on any atom is -0.326 e. The molecule has 0 saturated carbocycles. The molecule has 0 aliphatic heterocycles. The number of halogens is 1. The highest BCUT2D eigenvalue weighted by molar-refractivity contribution is 9.10. The molecule has 3 rings (SSSR count). The van der Waals surface area contributed by atoms with Gasteiger partial charge >= 0.3 is 11.8 Å². The number of hydrogen-bond donors (Lipinski definition) is 1. The molecule has 0 fully saturated rings. The van der Waals surface area contributed by atoms with Gasteiger partial charge in [0.05, 0.1) is 5.69 Å². The summed E-state index contributed by atoms with van der Waals surface area (Å²) in [6, 6.07) is 24.9. The van der Waals surface area contributed by atoms with Crippen LogP contribution in [0.2, 0.25) is 0 Å². The van der Waals surface area contributed by atoms with Crippen LogP contribution in [0.5, 0.6) is 0 Å². The van der Waals surface area contributed by atoms with Crippen LogP contribution in [-0.2, 0) is 22.7 Å². The van der Waals surface area contributed by atoms with Gasteiger partial charge in [-0.15, -0.1) is 0 Å². The van der Waals surface area contributed by atoms with E-state index in [-0.39, 0.29) is 0 Å². The largest absolute Gasteiger partial charge is 0.326 e. The molecular formula is C23H21BrN2O2. The van der Waals surface area contributed by atoms with Gasteiger partial charge in [0.15, 0.2) is 0 Å². The molecule has 1 N–H and O–H groups in total. The standard InChI is InChI=1S/C23H21BrN2O2/c1-17-12-13-21(20(24)14-17)25-22(27)23(28)26(15-18-8-4-2-5-9-18)16-19-10-6-3-7-11-19/h2-14H,15-16H2,1H3,(H,25,27). The molecule has 142 valence electrons. The van der Waals surface area contributed by atoms with Crippen LogP contribution in [0.3, 0.4) is 0 Å². The molecule has 4 nitrogen and oxygen atoms in total. The van der Waals surface area contributed by atoms with Gasteiger partial charge in [0, 0.05) is 17.6 Å². The molecule has 0 radical (unpaired) electrons. The van der Waals surface area contributed by atoms with Crippen molar-refractivity contribution < 1.29 is 9.59 Å². The zero-order valence-electron chi connectivity index (χ0n) is 15.6. The maximum atomic E-state index is 12.9. The number of carbonyl (C=O) groups excluding carboxylic acids is 2. The van der Waals surface area contributed by atoms with E-state index in [1.54, 1.807) is 11.0 Å². The topological polar surface area (TPSA) is 49.4 Å². The highest BCUT2D eigenvalue weighted by Crippen LogP contribution is 2.23. The molecule has 0 heterocycles. The first-order valence-electron chi connectivity index (χ1n) is 8.97. The second-order valence-corrected chi connectivity index (χ2v) is 7.42. The first-order chi connectivity index (χ1) is 13.5. The van der Waals surface area contributed by atoms with Crippen molar-refractivity contribution in [3.05, 3.63) is 100 Å². The van der Waals surface area contributed by atoms with Crippen molar-refractivity contribution in [3.63, 3.8) is 0 Å². The van der Waals surface area contributed by atoms with Crippen molar-refractivity contribution in [2.75, 3.05) is 5.32 Å². The fourth-order valence-electron chi connectivity index (χ4n) is 2.85. The number of carbonyl (C=O) groups is 2. The highest BCUT2D eigenvalue weighted by Gasteiger charge is 2.23. The molecule has 0 aliphatic carbocycles. The normalized spacial score (nSPS) is 10.4. The van der Waals surface area contributed by atoms with E-state index in [2.05, 4.69) is 21.2 Å². The van der Waals surface area contributed by atoms with Gasteiger partial charge in [-0.2, -0.15) is 0 Å². The van der Waals surface area contributed by atoms with Crippen molar-refractivity contribution in [2.45, 2.75) is 20.0 Å². The molecule has 28 heavy (non-hydrogen) atoms. The van der Waals surface area contributed by atoms with Crippen LogP contribution in [0.1, 0.15) is 16.7 Å². The van der Waals surface area contributed by atoms with Gasteiger partial charge in [-0.05, 0) is 51.7 Å². The summed E-state index contributed by atoms with van der Waals surface area (Å²) in [6.45, 7) is 2.68. The van der Waals surface area contributed by atoms with Gasteiger partial charge in [0.25, 0.3) is 0 Å². The lowest BCUT2D eigenvalue weighted by molar-refractivity contribution is -0.144. The third kappa shape index (κ3) is 5.30. The number of nitrogens with zero attached hydrogens (tertiary/aromatic N) is 1. The molecular weight excluding hydrogens is 416 g/mol. The van der Waals surface area contributed by atoms with E-state index in [1.807, 2.05) is 79.7 Å². The molecule has 0 atom stereocenters. The molecule has 0 aromatic heterocycles. The van der Waals surface area contributed by atoms with E-state index in [0.717, 1.165) is 21.2 Å². The predicted molar refractivity (Wildman–Crippen MR) is 115 cm³/mol. The molecule has 0 aliphatic rings. The Bertz CT molecular complexity index is 917. The van der Waals surface area contributed by atoms with Gasteiger partial charge < -0.3 is 10.2 Å². The lowest BCUT2D eigenvalue weighted by atomic mass is 10.1. The Morgan fingerprint density at radius 1 is 0.857 bits per heavy atom. The quantitative estimate of drug-likeness (QED) is 0.576. The van der Waals surface area contributed by atoms with Crippen molar-refractivity contribution in [1.82, 2.24) is 4.90 Å². The summed E-state index contributed by atoms with van der Waals surface area (Å²) in [5.74, 6) is -1.23. The number of aryl methyl sites for hydroxylation is 1. The Labute approximate surface area is 173 Å². The Hall–Kier alpha value is -2.92. The van der Waals surface area contributed by atoms with Gasteiger partial charge in [-0.3, -0.25) is 9.59 Å². The van der Waals surface area contributed by atoms with E-state index in [4.69, 9.17) is 0 Å². The fourth-order valence-corrected chi connectivity index (χ4v) is 3.44. The summed E-state index contributed by atoms with van der Waals surface area (Å²) < 4.78 is 0.742. The Balaban J connectivity index is 1.79. The van der Waals surface area contributed by atoms with Crippen LogP contribution in [0.4, 0.5) is 5.69 Å². The van der Waals surface area contributed by atoms with Crippen LogP contribution in [0.25, 0.3) is 0 Å². The molecule has 5 heteroatoms. The number of benzene rings is 3. The zero-order valence-corrected chi connectivity index (χ0v) is 17.1. The fraction of sp³-hybridized carbons (Fsp3) is 0.130. The van der Waals surface area contributed by atoms with Crippen molar-refractivity contribution in [3.8, 4) is 0 Å². The van der Waals surface area contributed by atoms with Crippen LogP contribution in [0, 0.1) is 6.92 Å². The van der Waals surface area contributed by atoms with Crippen LogP contribution in [0.15, 0.2) is 83.3 Å². The molecule has 0 unspecified atom stereocenters. The molecule has 2 amide bonds. The summed E-state index contributed by atoms with van der Waals surface area (Å²) in [5, 5.41) is 2.71. The van der Waals surface area contributed by atoms with E-state index < -0.39 is 11.8 Å². The summed E-state index contributed by atoms with van der Waals surface area (Å²) in [7, 11) is 0. The second kappa shape index (κ2) is 9.33. The first-order valence-corrected chi connectivity index (χ1v) is 9.76. The maximum absolute atomic E-state index is 12.9. The highest BCUT2D eigenvalue weighted by atomic mass is 79.9. The number of anilines is 1. The summed E-state index contributed by atoms with van der Waals surface area (Å²) >= 11 is 3.43. The van der Waals surface area contributed by atoms with Gasteiger partial charge in [0.1, 0.15) is 0 Å².